The van der Waals surface area contributed by atoms with E-state index in [2.05, 4.69) is 30.9 Å². The number of nitrogens with zero attached hydrogens (tertiary/aromatic N) is 4. The van der Waals surface area contributed by atoms with E-state index in [1.807, 2.05) is 6.07 Å². The third-order valence-electron chi connectivity index (χ3n) is 12.5. The second-order valence-electron chi connectivity index (χ2n) is 17.2. The number of anilines is 1. The Morgan fingerprint density at radius 2 is 1.67 bits per heavy atom. The molecule has 352 valence electrons. The Morgan fingerprint density at radius 1 is 1.00 bits per heavy atom. The van der Waals surface area contributed by atoms with Gasteiger partial charge in [-0.25, -0.2) is 22.2 Å². The topological polar surface area (TPSA) is 237 Å². The van der Waals surface area contributed by atoms with Crippen molar-refractivity contribution in [2.75, 3.05) is 25.0 Å². The molecular formula is C43H46F4N8O10S. The maximum atomic E-state index is 16.3. The van der Waals surface area contributed by atoms with Gasteiger partial charge >= 0.3 is 12.3 Å². The minimum absolute atomic E-state index is 0.00887. The summed E-state index contributed by atoms with van der Waals surface area (Å²) >= 11 is 0. The van der Waals surface area contributed by atoms with Crippen LogP contribution in [0.1, 0.15) is 78.3 Å². The average molecular weight is 943 g/mol. The second-order valence-corrected chi connectivity index (χ2v) is 18.9. The Morgan fingerprint density at radius 3 is 2.29 bits per heavy atom. The van der Waals surface area contributed by atoms with Gasteiger partial charge in [0.2, 0.25) is 15.9 Å². The summed E-state index contributed by atoms with van der Waals surface area (Å²) in [5, 5.41) is 27.0. The fourth-order valence-corrected chi connectivity index (χ4v) is 10.2. The molecule has 2 saturated carbocycles. The van der Waals surface area contributed by atoms with Crippen LogP contribution >= 0.6 is 0 Å². The molecule has 4 N–H and O–H groups in total. The number of rotatable bonds is 16. The minimum atomic E-state index is -5.21. The van der Waals surface area contributed by atoms with Crippen molar-refractivity contribution in [3.8, 4) is 5.75 Å². The van der Waals surface area contributed by atoms with Crippen LogP contribution in [0.4, 0.5) is 33.7 Å². The van der Waals surface area contributed by atoms with E-state index in [4.69, 9.17) is 9.47 Å². The molecule has 4 aromatic rings. The number of piperidine rings is 1. The number of nitrogens with one attached hydrogen (secondary N) is 4. The lowest BCUT2D eigenvalue weighted by Crippen LogP contribution is -2.55. The molecule has 8 rings (SSSR count). The van der Waals surface area contributed by atoms with E-state index in [0.717, 1.165) is 55.5 Å². The molecule has 0 radical (unpaired) electrons. The van der Waals surface area contributed by atoms with Gasteiger partial charge in [0, 0.05) is 62.6 Å². The monoisotopic (exact) mass is 942 g/mol. The first-order valence-electron chi connectivity index (χ1n) is 21.4. The predicted octanol–water partition coefficient (Wildman–Crippen LogP) is 6.09. The van der Waals surface area contributed by atoms with E-state index >= 15 is 4.39 Å². The van der Waals surface area contributed by atoms with E-state index in [9.17, 15) is 46.1 Å². The summed E-state index contributed by atoms with van der Waals surface area (Å²) in [6.45, 7) is 0.634. The predicted molar refractivity (Wildman–Crippen MR) is 224 cm³/mol. The molecule has 3 atom stereocenters. The highest BCUT2D eigenvalue weighted by molar-refractivity contribution is 7.89. The molecule has 3 fully saturated rings. The van der Waals surface area contributed by atoms with Gasteiger partial charge < -0.3 is 30.3 Å². The number of nitro benzene ring substituents is 1. The largest absolute Gasteiger partial charge is 0.487 e. The number of likely N-dealkylation sites (tertiary alicyclic amines) is 1. The number of para-hydroxylation sites is 1. The fraction of sp³-hybridized carbons (Fsp3) is 0.465. The number of nitro groups is 1. The molecule has 4 aliphatic rings. The number of halogens is 4. The lowest BCUT2D eigenvalue weighted by molar-refractivity contribution is -0.387. The number of hydrogen-bond donors (Lipinski definition) is 4. The number of aryl methyl sites for hydroxylation is 1. The van der Waals surface area contributed by atoms with E-state index in [1.165, 1.54) is 24.0 Å². The van der Waals surface area contributed by atoms with Gasteiger partial charge in [0.15, 0.2) is 10.6 Å². The zero-order valence-electron chi connectivity index (χ0n) is 35.4. The van der Waals surface area contributed by atoms with Crippen LogP contribution in [0.25, 0.3) is 0 Å². The summed E-state index contributed by atoms with van der Waals surface area (Å²) in [5.74, 6) is -2.40. The molecular weight excluding hydrogens is 897 g/mol. The van der Waals surface area contributed by atoms with Gasteiger partial charge in [-0.1, -0.05) is 47.6 Å². The van der Waals surface area contributed by atoms with Crippen molar-refractivity contribution in [2.24, 2.45) is 17.8 Å². The maximum absolute atomic E-state index is 16.3. The molecule has 2 aliphatic carbocycles. The molecule has 2 aliphatic heterocycles. The summed E-state index contributed by atoms with van der Waals surface area (Å²) in [7, 11) is -5.12. The number of ether oxygens (including phenoxy) is 2. The molecule has 3 aromatic carbocycles. The van der Waals surface area contributed by atoms with Crippen molar-refractivity contribution >= 4 is 39.3 Å². The first-order valence-corrected chi connectivity index (χ1v) is 22.8. The summed E-state index contributed by atoms with van der Waals surface area (Å²) in [6, 6.07) is 10.1. The van der Waals surface area contributed by atoms with Gasteiger partial charge in [0.1, 0.15) is 41.6 Å². The normalized spacial score (nSPS) is 19.1. The zero-order chi connectivity index (χ0) is 47.0. The molecule has 1 spiro atoms. The summed E-state index contributed by atoms with van der Waals surface area (Å²) in [4.78, 5) is 51.7. The van der Waals surface area contributed by atoms with Crippen molar-refractivity contribution in [3.05, 3.63) is 105 Å². The molecule has 1 unspecified atom stereocenters. The second kappa shape index (κ2) is 18.6. The lowest BCUT2D eigenvalue weighted by Gasteiger charge is -2.47. The third kappa shape index (κ3) is 10.4. The van der Waals surface area contributed by atoms with Crippen molar-refractivity contribution < 1.29 is 59.4 Å². The van der Waals surface area contributed by atoms with Crippen molar-refractivity contribution in [1.82, 2.24) is 30.6 Å². The van der Waals surface area contributed by atoms with E-state index in [0.29, 0.717) is 0 Å². The average Bonchev–Trinajstić information content (AvgIpc) is 4.24. The van der Waals surface area contributed by atoms with Gasteiger partial charge in [0.25, 0.3) is 11.6 Å². The minimum Gasteiger partial charge on any atom is -0.487 e. The van der Waals surface area contributed by atoms with Crippen LogP contribution in [0.15, 0.2) is 76.3 Å². The van der Waals surface area contributed by atoms with E-state index < -0.39 is 85.7 Å². The van der Waals surface area contributed by atoms with Crippen LogP contribution in [0.2, 0.25) is 0 Å². The van der Waals surface area contributed by atoms with Crippen LogP contribution in [0.5, 0.6) is 5.75 Å². The summed E-state index contributed by atoms with van der Waals surface area (Å²) in [6.07, 6.45) is -2.22. The van der Waals surface area contributed by atoms with E-state index in [1.54, 1.807) is 29.0 Å². The Hall–Kier alpha value is -6.20. The number of fused-ring (bicyclic) bond motifs is 1. The highest BCUT2D eigenvalue weighted by atomic mass is 32.2. The number of carbonyl (C=O) groups is 3. The van der Waals surface area contributed by atoms with Crippen molar-refractivity contribution in [3.63, 3.8) is 0 Å². The molecule has 1 aromatic heterocycles. The Balaban J connectivity index is 1.06. The first-order chi connectivity index (χ1) is 31.4. The molecule has 3 heterocycles. The van der Waals surface area contributed by atoms with Crippen LogP contribution in [0.3, 0.4) is 0 Å². The molecule has 23 heteroatoms. The number of carbonyl (C=O) groups excluding carboxylic acids is 3. The van der Waals surface area contributed by atoms with Crippen LogP contribution < -0.4 is 25.4 Å². The number of sulfonamides is 1. The van der Waals surface area contributed by atoms with Gasteiger partial charge in [-0.15, -0.1) is 0 Å². The van der Waals surface area contributed by atoms with Crippen LogP contribution in [-0.4, -0.2) is 90.0 Å². The standard InChI is InChI=1S/C43H46F4N8O10S/c1-24-37(52-65-51-24)39(56)50-38(36(26-11-12-26)27-13-14-27)40(57)49-30-20-33-28(19-29(30)44)31(21-42(64-33)15-17-54(18-16-42)41(58)63-23-25-7-3-2-4-8-25)48-22-35(43(45,46)47)53-66(61,62)34-10-6-5-9-32(34)55(59)60/h2-10,19-20,26-27,31,35-36,38,48,53H,11-18,21-23H2,1H3,(H,49,57)(H,50,56)/t31?,35-,38-/m0/s1. The number of amides is 3. The molecule has 18 nitrogen and oxygen atoms in total. The zero-order valence-corrected chi connectivity index (χ0v) is 36.2. The maximum Gasteiger partial charge on any atom is 0.410 e. The van der Waals surface area contributed by atoms with Crippen molar-refractivity contribution in [2.45, 2.75) is 93.3 Å². The molecule has 1 saturated heterocycles. The first kappa shape index (κ1) is 46.3. The highest BCUT2D eigenvalue weighted by Gasteiger charge is 2.50. The number of aromatic nitrogens is 2. The third-order valence-corrected chi connectivity index (χ3v) is 14.1. The lowest BCUT2D eigenvalue weighted by atomic mass is 9.80. The number of benzene rings is 3. The number of hydrogen-bond acceptors (Lipinski definition) is 13. The summed E-state index contributed by atoms with van der Waals surface area (Å²) < 4.78 is 105. The quantitative estimate of drug-likeness (QED) is 0.0566. The Kier molecular flexibility index (Phi) is 13.0. The fourth-order valence-electron chi connectivity index (χ4n) is 8.83. The van der Waals surface area contributed by atoms with Crippen molar-refractivity contribution in [1.29, 1.82) is 0 Å². The van der Waals surface area contributed by atoms with Gasteiger partial charge in [-0.3, -0.25) is 19.7 Å². The molecule has 0 bridgehead atoms. The smallest absolute Gasteiger partial charge is 0.410 e. The Labute approximate surface area is 375 Å². The molecule has 66 heavy (non-hydrogen) atoms. The summed E-state index contributed by atoms with van der Waals surface area (Å²) in [5.41, 5.74) is -1.54. The van der Waals surface area contributed by atoms with E-state index in [-0.39, 0.29) is 85.1 Å². The number of alkyl halides is 3. The highest BCUT2D eigenvalue weighted by Crippen LogP contribution is 2.51. The van der Waals surface area contributed by atoms with Gasteiger partial charge in [-0.05, 0) is 73.2 Å². The molecule has 3 amide bonds. The SMILES string of the molecule is Cc1nonc1C(=O)N[C@H](C(=O)Nc1cc2c(cc1F)C(NC[C@H](NS(=O)(=O)c1ccccc1[N+](=O)[O-])C(F)(F)F)CC1(CCN(C(=O)OCc3ccccc3)CC1)O2)C(C1CC1)C1CC1. The van der Waals surface area contributed by atoms with Crippen LogP contribution in [0, 0.1) is 40.6 Å². The van der Waals surface area contributed by atoms with Gasteiger partial charge in [0.05, 0.1) is 10.6 Å². The van der Waals surface area contributed by atoms with Crippen LogP contribution in [-0.2, 0) is 26.2 Å². The Bertz CT molecular complexity index is 2570. The van der Waals surface area contributed by atoms with Gasteiger partial charge in [-0.2, -0.15) is 17.9 Å².